The first-order chi connectivity index (χ1) is 31.5. The number of unbranched alkanes of at least 4 members (excludes halogenated alkanes) is 19. The van der Waals surface area contributed by atoms with Crippen LogP contribution < -0.4 is 10.2 Å². The molecular formula is C56H99N2O6P. The topological polar surface area (TPSA) is 108 Å². The number of amides is 1. The van der Waals surface area contributed by atoms with Gasteiger partial charge in [-0.25, -0.2) is 0 Å². The summed E-state index contributed by atoms with van der Waals surface area (Å²) in [7, 11) is 1.18. The number of quaternary nitrogens is 1. The fraction of sp³-hybridized carbons (Fsp3) is 0.696. The molecule has 3 atom stereocenters. The second-order valence-corrected chi connectivity index (χ2v) is 19.9. The second-order valence-electron chi connectivity index (χ2n) is 18.5. The van der Waals surface area contributed by atoms with Crippen LogP contribution in [0.15, 0.2) is 97.2 Å². The highest BCUT2D eigenvalue weighted by atomic mass is 31.2. The number of nitrogens with one attached hydrogen (secondary N) is 1. The summed E-state index contributed by atoms with van der Waals surface area (Å²) in [5.41, 5.74) is 0. The van der Waals surface area contributed by atoms with Crippen molar-refractivity contribution in [2.75, 3.05) is 40.9 Å². The Morgan fingerprint density at radius 2 is 0.954 bits per heavy atom. The molecule has 3 unspecified atom stereocenters. The molecule has 0 aliphatic heterocycles. The van der Waals surface area contributed by atoms with Gasteiger partial charge in [0.2, 0.25) is 5.91 Å². The predicted molar refractivity (Wildman–Crippen MR) is 279 cm³/mol. The van der Waals surface area contributed by atoms with Crippen molar-refractivity contribution in [2.24, 2.45) is 0 Å². The van der Waals surface area contributed by atoms with Crippen LogP contribution >= 0.6 is 7.82 Å². The summed E-state index contributed by atoms with van der Waals surface area (Å²) >= 11 is 0. The minimum Gasteiger partial charge on any atom is -0.756 e. The number of allylic oxidation sites excluding steroid dienone is 15. The molecule has 2 N–H and O–H groups in total. The number of hydrogen-bond donors (Lipinski definition) is 2. The normalized spacial score (nSPS) is 14.9. The van der Waals surface area contributed by atoms with E-state index in [4.69, 9.17) is 9.05 Å². The van der Waals surface area contributed by atoms with Crippen molar-refractivity contribution in [3.8, 4) is 0 Å². The van der Waals surface area contributed by atoms with E-state index < -0.39 is 26.6 Å². The zero-order valence-corrected chi connectivity index (χ0v) is 43.3. The molecule has 0 aliphatic rings. The SMILES string of the molecule is CC/C=C\C/C=C\C/C=C\C/C=C\C/C=C\C/C=C\CCC(=O)NC(COP(=O)([O-])OCC[N+](C)(C)C)C(O)/C=C/CC/C=C/CCCCCCCCCCCCCCCCCCCC. The van der Waals surface area contributed by atoms with Gasteiger partial charge in [0.15, 0.2) is 0 Å². The Labute approximate surface area is 400 Å². The van der Waals surface area contributed by atoms with Crippen molar-refractivity contribution in [2.45, 2.75) is 212 Å². The summed E-state index contributed by atoms with van der Waals surface area (Å²) in [5.74, 6) is -0.292. The summed E-state index contributed by atoms with van der Waals surface area (Å²) in [6, 6.07) is -0.951. The van der Waals surface area contributed by atoms with Gasteiger partial charge in [0.25, 0.3) is 7.82 Å². The van der Waals surface area contributed by atoms with Crippen LogP contribution in [0.25, 0.3) is 0 Å². The Morgan fingerprint density at radius 1 is 0.554 bits per heavy atom. The lowest BCUT2D eigenvalue weighted by Gasteiger charge is -2.29. The minimum absolute atomic E-state index is 0.0250. The second kappa shape index (κ2) is 46.5. The standard InChI is InChI=1S/C56H99N2O6P/c1-6-8-10-12-14-16-18-20-22-24-26-27-28-29-30-32-33-35-37-39-41-43-45-47-49-55(59)54(53-64-65(61,62)63-52-51-58(3,4)5)57-56(60)50-48-46-44-42-40-38-36-34-31-25-23-21-19-17-15-13-11-9-7-2/h9,11,15,17,21,23,31,34,38-41,44,46-47,49,54-55,59H,6-8,10,12-14,16,18-20,22,24-30,32-33,35-37,42-43,45,48,50-53H2,1-5H3,(H-,57,60,61,62)/b11-9-,17-15-,23-21-,34-31-,40-38-,41-39+,46-44-,49-47+. The van der Waals surface area contributed by atoms with Gasteiger partial charge >= 0.3 is 0 Å². The van der Waals surface area contributed by atoms with Gasteiger partial charge in [-0.05, 0) is 70.6 Å². The van der Waals surface area contributed by atoms with Crippen LogP contribution in [0.2, 0.25) is 0 Å². The molecule has 0 heterocycles. The third-order valence-electron chi connectivity index (χ3n) is 11.0. The molecule has 0 spiro atoms. The van der Waals surface area contributed by atoms with E-state index >= 15 is 0 Å². The van der Waals surface area contributed by atoms with Gasteiger partial charge in [-0.2, -0.15) is 0 Å². The summed E-state index contributed by atoms with van der Waals surface area (Å²) in [5, 5.41) is 13.8. The lowest BCUT2D eigenvalue weighted by Crippen LogP contribution is -2.45. The zero-order valence-electron chi connectivity index (χ0n) is 42.4. The molecular weight excluding hydrogens is 828 g/mol. The van der Waals surface area contributed by atoms with Gasteiger partial charge in [-0.1, -0.05) is 220 Å². The lowest BCUT2D eigenvalue weighted by atomic mass is 10.0. The molecule has 0 saturated heterocycles. The number of carbonyl (C=O) groups excluding carboxylic acids is 1. The summed E-state index contributed by atoms with van der Waals surface area (Å²) in [4.78, 5) is 25.4. The maximum atomic E-state index is 12.9. The van der Waals surface area contributed by atoms with E-state index in [1.165, 1.54) is 116 Å². The number of phosphoric ester groups is 1. The highest BCUT2D eigenvalue weighted by Crippen LogP contribution is 2.38. The summed E-state index contributed by atoms with van der Waals surface area (Å²) < 4.78 is 23.2. The maximum Gasteiger partial charge on any atom is 0.268 e. The van der Waals surface area contributed by atoms with Crippen LogP contribution in [0.1, 0.15) is 200 Å². The molecule has 0 aromatic carbocycles. The van der Waals surface area contributed by atoms with Crippen LogP contribution in [0, 0.1) is 0 Å². The van der Waals surface area contributed by atoms with Crippen LogP contribution in [0.5, 0.6) is 0 Å². The maximum absolute atomic E-state index is 12.9. The van der Waals surface area contributed by atoms with Crippen molar-refractivity contribution < 1.29 is 32.9 Å². The van der Waals surface area contributed by atoms with E-state index in [0.717, 1.165) is 57.8 Å². The van der Waals surface area contributed by atoms with Crippen LogP contribution in [-0.2, 0) is 18.4 Å². The molecule has 9 heteroatoms. The average Bonchev–Trinajstić information content (AvgIpc) is 3.26. The molecule has 0 aromatic rings. The van der Waals surface area contributed by atoms with Gasteiger partial charge in [-0.15, -0.1) is 0 Å². The number of likely N-dealkylation sites (N-methyl/N-ethyl adjacent to an activating group) is 1. The van der Waals surface area contributed by atoms with E-state index in [-0.39, 0.29) is 18.9 Å². The number of aliphatic hydroxyl groups is 1. The Morgan fingerprint density at radius 3 is 1.42 bits per heavy atom. The van der Waals surface area contributed by atoms with Crippen molar-refractivity contribution >= 4 is 13.7 Å². The fourth-order valence-electron chi connectivity index (χ4n) is 6.96. The van der Waals surface area contributed by atoms with Gasteiger partial charge in [0.1, 0.15) is 13.2 Å². The molecule has 0 bridgehead atoms. The highest BCUT2D eigenvalue weighted by Gasteiger charge is 2.23. The third kappa shape index (κ3) is 49.2. The van der Waals surface area contributed by atoms with Gasteiger partial charge < -0.3 is 28.8 Å². The number of aliphatic hydroxyl groups excluding tert-OH is 1. The van der Waals surface area contributed by atoms with Crippen LogP contribution in [0.4, 0.5) is 0 Å². The van der Waals surface area contributed by atoms with Crippen molar-refractivity contribution in [3.05, 3.63) is 97.2 Å². The van der Waals surface area contributed by atoms with E-state index in [2.05, 4.69) is 92.1 Å². The third-order valence-corrected chi connectivity index (χ3v) is 12.0. The zero-order chi connectivity index (χ0) is 47.8. The Kier molecular flexibility index (Phi) is 44.7. The van der Waals surface area contributed by atoms with Gasteiger partial charge in [-0.3, -0.25) is 9.36 Å². The molecule has 65 heavy (non-hydrogen) atoms. The highest BCUT2D eigenvalue weighted by molar-refractivity contribution is 7.45. The summed E-state index contributed by atoms with van der Waals surface area (Å²) in [6.45, 7) is 4.45. The van der Waals surface area contributed by atoms with E-state index in [9.17, 15) is 19.4 Å². The Balaban J connectivity index is 4.46. The monoisotopic (exact) mass is 927 g/mol. The van der Waals surface area contributed by atoms with Crippen LogP contribution in [-0.4, -0.2) is 68.5 Å². The van der Waals surface area contributed by atoms with E-state index in [1.807, 2.05) is 39.4 Å². The Bertz CT molecular complexity index is 1370. The average molecular weight is 927 g/mol. The fourth-order valence-corrected chi connectivity index (χ4v) is 7.68. The van der Waals surface area contributed by atoms with Gasteiger partial charge in [0.05, 0.1) is 39.9 Å². The first-order valence-electron chi connectivity index (χ1n) is 26.1. The molecule has 0 aliphatic carbocycles. The number of phosphoric acid groups is 1. The lowest BCUT2D eigenvalue weighted by molar-refractivity contribution is -0.870. The molecule has 0 fully saturated rings. The molecule has 0 radical (unpaired) electrons. The van der Waals surface area contributed by atoms with E-state index in [0.29, 0.717) is 17.4 Å². The first-order valence-corrected chi connectivity index (χ1v) is 27.6. The molecule has 1 amide bonds. The summed E-state index contributed by atoms with van der Waals surface area (Å²) in [6.07, 6.45) is 66.4. The Hall–Kier alpha value is -2.58. The number of hydrogen-bond acceptors (Lipinski definition) is 6. The number of carbonyl (C=O) groups is 1. The van der Waals surface area contributed by atoms with Crippen molar-refractivity contribution in [1.82, 2.24) is 5.32 Å². The molecule has 0 saturated carbocycles. The predicted octanol–water partition coefficient (Wildman–Crippen LogP) is 14.8. The number of nitrogens with zero attached hydrogens (tertiary/aromatic N) is 1. The molecule has 0 rings (SSSR count). The largest absolute Gasteiger partial charge is 0.756 e. The van der Waals surface area contributed by atoms with Crippen molar-refractivity contribution in [3.63, 3.8) is 0 Å². The molecule has 0 aromatic heterocycles. The smallest absolute Gasteiger partial charge is 0.268 e. The quantitative estimate of drug-likeness (QED) is 0.0272. The molecule has 8 nitrogen and oxygen atoms in total. The first kappa shape index (κ1) is 62.4. The van der Waals surface area contributed by atoms with E-state index in [1.54, 1.807) is 6.08 Å². The van der Waals surface area contributed by atoms with Crippen LogP contribution in [0.3, 0.4) is 0 Å². The minimum atomic E-state index is -4.63. The van der Waals surface area contributed by atoms with Crippen molar-refractivity contribution in [1.29, 1.82) is 0 Å². The molecule has 374 valence electrons. The number of rotatable bonds is 46. The van der Waals surface area contributed by atoms with Gasteiger partial charge in [0, 0.05) is 6.42 Å².